The fourth-order valence-electron chi connectivity index (χ4n) is 2.87. The van der Waals surface area contributed by atoms with Crippen molar-refractivity contribution in [3.05, 3.63) is 12.4 Å². The molecule has 2 N–H and O–H groups in total. The van der Waals surface area contributed by atoms with Gasteiger partial charge in [0.1, 0.15) is 17.7 Å². The molecule has 0 aliphatic heterocycles. The molecule has 116 valence electrons. The molecule has 21 heavy (non-hydrogen) atoms. The van der Waals surface area contributed by atoms with Crippen LogP contribution in [0.2, 0.25) is 0 Å². The Morgan fingerprint density at radius 1 is 1.52 bits per heavy atom. The monoisotopic (exact) mass is 293 g/mol. The van der Waals surface area contributed by atoms with Crippen molar-refractivity contribution in [2.24, 2.45) is 5.92 Å². The zero-order chi connectivity index (χ0) is 15.5. The Morgan fingerprint density at radius 3 is 2.90 bits per heavy atom. The normalized spacial score (nSPS) is 25.6. The van der Waals surface area contributed by atoms with Gasteiger partial charge in [0.05, 0.1) is 6.10 Å². The summed E-state index contributed by atoms with van der Waals surface area (Å²) in [6.45, 7) is 5.92. The number of carbonyl (C=O) groups is 1. The minimum atomic E-state index is -0.943. The summed E-state index contributed by atoms with van der Waals surface area (Å²) in [5, 5.41) is 12.8. The van der Waals surface area contributed by atoms with Gasteiger partial charge in [0.15, 0.2) is 0 Å². The van der Waals surface area contributed by atoms with Crippen LogP contribution in [0.25, 0.3) is 0 Å². The summed E-state index contributed by atoms with van der Waals surface area (Å²) in [7, 11) is 0. The fraction of sp³-hybridized carbons (Fsp3) is 0.667. The van der Waals surface area contributed by atoms with Gasteiger partial charge in [-0.3, -0.25) is 0 Å². The van der Waals surface area contributed by atoms with Crippen LogP contribution in [0.4, 0.5) is 5.82 Å². The molecule has 1 saturated carbocycles. The Bertz CT molecular complexity index is 507. The molecule has 1 aliphatic carbocycles. The Morgan fingerprint density at radius 2 is 2.29 bits per heavy atom. The quantitative estimate of drug-likeness (QED) is 0.868. The molecule has 1 aliphatic rings. The second-order valence-corrected chi connectivity index (χ2v) is 6.12. The van der Waals surface area contributed by atoms with E-state index in [0.717, 1.165) is 12.8 Å². The maximum atomic E-state index is 11.8. The first-order valence-electron chi connectivity index (χ1n) is 7.41. The van der Waals surface area contributed by atoms with Crippen molar-refractivity contribution in [3.8, 4) is 5.88 Å². The highest BCUT2D eigenvalue weighted by atomic mass is 16.5. The highest BCUT2D eigenvalue weighted by Gasteiger charge is 2.42. The highest BCUT2D eigenvalue weighted by Crippen LogP contribution is 2.35. The van der Waals surface area contributed by atoms with Gasteiger partial charge in [-0.15, -0.1) is 0 Å². The smallest absolute Gasteiger partial charge is 0.329 e. The van der Waals surface area contributed by atoms with E-state index in [1.807, 2.05) is 13.8 Å². The van der Waals surface area contributed by atoms with Crippen molar-refractivity contribution in [2.75, 3.05) is 5.32 Å². The first kappa shape index (κ1) is 15.5. The van der Waals surface area contributed by atoms with Crippen LogP contribution in [0, 0.1) is 5.92 Å². The van der Waals surface area contributed by atoms with E-state index in [0.29, 0.717) is 30.5 Å². The van der Waals surface area contributed by atoms with Crippen LogP contribution >= 0.6 is 0 Å². The second kappa shape index (κ2) is 6.28. The SMILES string of the molecule is CC1CCCC(Nc2cc(OC(C)C)ncn2)(C(=O)O)C1. The van der Waals surface area contributed by atoms with Gasteiger partial charge in [-0.1, -0.05) is 19.8 Å². The lowest BCUT2D eigenvalue weighted by atomic mass is 9.76. The number of carboxylic acids is 1. The highest BCUT2D eigenvalue weighted by molar-refractivity contribution is 5.82. The van der Waals surface area contributed by atoms with E-state index < -0.39 is 11.5 Å². The summed E-state index contributed by atoms with van der Waals surface area (Å²) in [6, 6.07) is 1.66. The van der Waals surface area contributed by atoms with E-state index >= 15 is 0 Å². The number of hydrogen-bond donors (Lipinski definition) is 2. The van der Waals surface area contributed by atoms with Crippen molar-refractivity contribution >= 4 is 11.8 Å². The van der Waals surface area contributed by atoms with Crippen molar-refractivity contribution in [3.63, 3.8) is 0 Å². The number of nitrogens with zero attached hydrogens (tertiary/aromatic N) is 2. The van der Waals surface area contributed by atoms with Crippen LogP contribution in [0.15, 0.2) is 12.4 Å². The molecule has 1 aromatic heterocycles. The lowest BCUT2D eigenvalue weighted by molar-refractivity contribution is -0.144. The minimum absolute atomic E-state index is 0.0101. The number of anilines is 1. The van der Waals surface area contributed by atoms with Crippen molar-refractivity contribution in [1.29, 1.82) is 0 Å². The molecule has 6 nitrogen and oxygen atoms in total. The van der Waals surface area contributed by atoms with Gasteiger partial charge in [0, 0.05) is 6.07 Å². The lowest BCUT2D eigenvalue weighted by Gasteiger charge is -2.37. The largest absolute Gasteiger partial charge is 0.480 e. The Balaban J connectivity index is 2.19. The van der Waals surface area contributed by atoms with Gasteiger partial charge >= 0.3 is 5.97 Å². The van der Waals surface area contributed by atoms with Gasteiger partial charge in [0.2, 0.25) is 5.88 Å². The summed E-state index contributed by atoms with van der Waals surface area (Å²) in [6.07, 6.45) is 4.59. The average Bonchev–Trinajstić information content (AvgIpc) is 2.38. The molecule has 2 rings (SSSR count). The minimum Gasteiger partial charge on any atom is -0.480 e. The summed E-state index contributed by atoms with van der Waals surface area (Å²) in [5.74, 6) is 0.513. The summed E-state index contributed by atoms with van der Waals surface area (Å²) in [5.41, 5.74) is -0.943. The van der Waals surface area contributed by atoms with E-state index in [9.17, 15) is 9.90 Å². The zero-order valence-electron chi connectivity index (χ0n) is 12.8. The van der Waals surface area contributed by atoms with E-state index in [1.54, 1.807) is 6.07 Å². The third-order valence-corrected chi connectivity index (χ3v) is 3.77. The van der Waals surface area contributed by atoms with Gasteiger partial charge in [0.25, 0.3) is 0 Å². The van der Waals surface area contributed by atoms with Crippen LogP contribution < -0.4 is 10.1 Å². The van der Waals surface area contributed by atoms with Crippen molar-refractivity contribution in [2.45, 2.75) is 58.1 Å². The molecular formula is C15H23N3O3. The molecule has 0 spiro atoms. The van der Waals surface area contributed by atoms with Crippen LogP contribution in [-0.4, -0.2) is 32.7 Å². The molecule has 1 heterocycles. The molecule has 0 radical (unpaired) electrons. The topological polar surface area (TPSA) is 84.3 Å². The number of aliphatic carboxylic acids is 1. The van der Waals surface area contributed by atoms with Crippen molar-refractivity contribution in [1.82, 2.24) is 9.97 Å². The molecular weight excluding hydrogens is 270 g/mol. The first-order valence-corrected chi connectivity index (χ1v) is 7.41. The van der Waals surface area contributed by atoms with E-state index in [1.165, 1.54) is 6.33 Å². The molecule has 0 aromatic carbocycles. The number of carboxylic acid groups (broad SMARTS) is 1. The molecule has 0 bridgehead atoms. The molecule has 6 heteroatoms. The summed E-state index contributed by atoms with van der Waals surface area (Å²) < 4.78 is 5.52. The number of nitrogens with one attached hydrogen (secondary N) is 1. The summed E-state index contributed by atoms with van der Waals surface area (Å²) in [4.78, 5) is 19.9. The molecule has 1 aromatic rings. The maximum absolute atomic E-state index is 11.8. The summed E-state index contributed by atoms with van der Waals surface area (Å²) >= 11 is 0. The number of aromatic nitrogens is 2. The Kier molecular flexibility index (Phi) is 4.65. The van der Waals surface area contributed by atoms with Crippen LogP contribution in [0.1, 0.15) is 46.5 Å². The predicted molar refractivity (Wildman–Crippen MR) is 79.4 cm³/mol. The number of ether oxygens (including phenoxy) is 1. The van der Waals surface area contributed by atoms with E-state index in [-0.39, 0.29) is 6.10 Å². The van der Waals surface area contributed by atoms with E-state index in [4.69, 9.17) is 4.74 Å². The molecule has 0 saturated heterocycles. The van der Waals surface area contributed by atoms with Crippen LogP contribution in [0.5, 0.6) is 5.88 Å². The second-order valence-electron chi connectivity index (χ2n) is 6.12. The standard InChI is InChI=1S/C15H23N3O3/c1-10(2)21-13-7-12(16-9-17-13)18-15(14(19)20)6-4-5-11(3)8-15/h7,9-11H,4-6,8H2,1-3H3,(H,19,20)(H,16,17,18). The predicted octanol–water partition coefficient (Wildman–Crippen LogP) is 2.71. The van der Waals surface area contributed by atoms with Crippen LogP contribution in [-0.2, 0) is 4.79 Å². The Labute approximate surface area is 124 Å². The molecule has 0 amide bonds. The third kappa shape index (κ3) is 3.83. The molecule has 1 fully saturated rings. The lowest BCUT2D eigenvalue weighted by Crippen LogP contribution is -2.49. The Hall–Kier alpha value is -1.85. The van der Waals surface area contributed by atoms with Gasteiger partial charge < -0.3 is 15.2 Å². The third-order valence-electron chi connectivity index (χ3n) is 3.77. The van der Waals surface area contributed by atoms with Gasteiger partial charge in [-0.25, -0.2) is 14.8 Å². The molecule has 2 unspecified atom stereocenters. The van der Waals surface area contributed by atoms with Gasteiger partial charge in [-0.2, -0.15) is 0 Å². The number of hydrogen-bond acceptors (Lipinski definition) is 5. The molecule has 2 atom stereocenters. The maximum Gasteiger partial charge on any atom is 0.329 e. The van der Waals surface area contributed by atoms with E-state index in [2.05, 4.69) is 22.2 Å². The zero-order valence-corrected chi connectivity index (χ0v) is 12.8. The first-order chi connectivity index (χ1) is 9.91. The average molecular weight is 293 g/mol. The van der Waals surface area contributed by atoms with Gasteiger partial charge in [-0.05, 0) is 32.6 Å². The number of rotatable bonds is 5. The van der Waals surface area contributed by atoms with Crippen molar-refractivity contribution < 1.29 is 14.6 Å². The van der Waals surface area contributed by atoms with Crippen LogP contribution in [0.3, 0.4) is 0 Å². The fourth-order valence-corrected chi connectivity index (χ4v) is 2.87.